The molecule has 194 valence electrons. The predicted octanol–water partition coefficient (Wildman–Crippen LogP) is 2.85. The first-order chi connectivity index (χ1) is 17.9. The van der Waals surface area contributed by atoms with Gasteiger partial charge in [-0.05, 0) is 57.0 Å². The molecule has 0 unspecified atom stereocenters. The lowest BCUT2D eigenvalue weighted by Gasteiger charge is -2.31. The fourth-order valence-corrected chi connectivity index (χ4v) is 5.02. The molecule has 1 fully saturated rings. The third-order valence-corrected chi connectivity index (χ3v) is 7.22. The predicted molar refractivity (Wildman–Crippen MR) is 141 cm³/mol. The minimum atomic E-state index is -0.549. The number of carbonyl (C=O) groups excluding carboxylic acids is 1. The topological polar surface area (TPSA) is 150 Å². The minimum absolute atomic E-state index is 0.0101. The number of piperidine rings is 1. The van der Waals surface area contributed by atoms with Crippen molar-refractivity contribution in [1.82, 2.24) is 25.2 Å². The molecule has 1 aliphatic rings. The highest BCUT2D eigenvalue weighted by Gasteiger charge is 2.22. The van der Waals surface area contributed by atoms with Crippen LogP contribution < -0.4 is 15.8 Å². The van der Waals surface area contributed by atoms with Crippen LogP contribution in [0.2, 0.25) is 0 Å². The monoisotopic (exact) mass is 521 g/mol. The average Bonchev–Trinajstić information content (AvgIpc) is 3.36. The van der Waals surface area contributed by atoms with Crippen molar-refractivity contribution in [3.8, 4) is 22.7 Å². The van der Waals surface area contributed by atoms with Gasteiger partial charge in [-0.3, -0.25) is 14.7 Å². The van der Waals surface area contributed by atoms with Crippen LogP contribution in [0.25, 0.3) is 10.7 Å². The highest BCUT2D eigenvalue weighted by molar-refractivity contribution is 7.14. The molecule has 4 N–H and O–H groups in total. The van der Waals surface area contributed by atoms with Crippen molar-refractivity contribution < 1.29 is 14.6 Å². The molecule has 1 aliphatic heterocycles. The van der Waals surface area contributed by atoms with E-state index in [2.05, 4.69) is 25.2 Å². The fourth-order valence-electron chi connectivity index (χ4n) is 4.08. The smallest absolute Gasteiger partial charge is 0.270 e. The summed E-state index contributed by atoms with van der Waals surface area (Å²) >= 11 is 1.67. The summed E-state index contributed by atoms with van der Waals surface area (Å²) in [5.74, 6) is 0.0183. The zero-order valence-corrected chi connectivity index (χ0v) is 21.6. The highest BCUT2D eigenvalue weighted by Crippen LogP contribution is 2.26. The lowest BCUT2D eigenvalue weighted by atomic mass is 9.96. The number of aromatic nitrogens is 3. The van der Waals surface area contributed by atoms with Crippen LogP contribution in [0.4, 0.5) is 5.69 Å². The van der Waals surface area contributed by atoms with Gasteiger partial charge in [0.15, 0.2) is 0 Å². The largest absolute Gasteiger partial charge is 0.477 e. The van der Waals surface area contributed by atoms with Gasteiger partial charge in [0, 0.05) is 36.8 Å². The maximum Gasteiger partial charge on any atom is 0.270 e. The van der Waals surface area contributed by atoms with Gasteiger partial charge in [-0.1, -0.05) is 6.07 Å². The van der Waals surface area contributed by atoms with E-state index in [1.807, 2.05) is 30.5 Å². The standard InChI is InChI=1S/C26H31N7O3S/c1-17(34)7-11-36-25-20(13-27)21(28)12-23(32-25)24(35)30-14-18-5-9-33(10-6-18)16-19-15-31-26(37-19)22-4-2-3-8-29-22/h2-4,8,12,15,17-18,34H,5-7,9-11,14,16H2,1H3,(H2,28,32)(H,30,35)/t17-/m1/s1. The lowest BCUT2D eigenvalue weighted by molar-refractivity contribution is 0.0928. The molecular weight excluding hydrogens is 490 g/mol. The number of nitrogens with zero attached hydrogens (tertiary/aromatic N) is 5. The average molecular weight is 522 g/mol. The Morgan fingerprint density at radius 3 is 2.89 bits per heavy atom. The number of pyridine rings is 2. The number of nitrogen functional groups attached to an aromatic ring is 1. The maximum absolute atomic E-state index is 12.8. The second kappa shape index (κ2) is 12.6. The molecule has 0 aliphatic carbocycles. The number of thiazole rings is 1. The van der Waals surface area contributed by atoms with Crippen molar-refractivity contribution in [2.75, 3.05) is 32.0 Å². The van der Waals surface area contributed by atoms with E-state index in [0.717, 1.165) is 43.2 Å². The summed E-state index contributed by atoms with van der Waals surface area (Å²) in [4.78, 5) is 29.5. The van der Waals surface area contributed by atoms with Crippen LogP contribution in [0.3, 0.4) is 0 Å². The van der Waals surface area contributed by atoms with Gasteiger partial charge in [-0.2, -0.15) is 5.26 Å². The summed E-state index contributed by atoms with van der Waals surface area (Å²) < 4.78 is 5.53. The maximum atomic E-state index is 12.8. The molecule has 4 heterocycles. The Hall–Kier alpha value is -3.59. The summed E-state index contributed by atoms with van der Waals surface area (Å²) in [5.41, 5.74) is 7.19. The zero-order chi connectivity index (χ0) is 26.2. The van der Waals surface area contributed by atoms with Crippen molar-refractivity contribution in [2.45, 2.75) is 38.8 Å². The number of nitrogens with two attached hydrogens (primary N) is 1. The first-order valence-electron chi connectivity index (χ1n) is 12.3. The van der Waals surface area contributed by atoms with Gasteiger partial charge < -0.3 is 20.9 Å². The van der Waals surface area contributed by atoms with Crippen LogP contribution in [0.5, 0.6) is 5.88 Å². The van der Waals surface area contributed by atoms with Gasteiger partial charge in [-0.25, -0.2) is 9.97 Å². The molecule has 0 saturated carbocycles. The van der Waals surface area contributed by atoms with E-state index in [1.54, 1.807) is 24.5 Å². The second-order valence-corrected chi connectivity index (χ2v) is 10.3. The van der Waals surface area contributed by atoms with E-state index in [4.69, 9.17) is 10.5 Å². The van der Waals surface area contributed by atoms with E-state index in [9.17, 15) is 15.2 Å². The van der Waals surface area contributed by atoms with Crippen molar-refractivity contribution in [2.24, 2.45) is 5.92 Å². The van der Waals surface area contributed by atoms with Crippen molar-refractivity contribution >= 4 is 22.9 Å². The Morgan fingerprint density at radius 1 is 1.38 bits per heavy atom. The molecule has 1 amide bonds. The molecule has 4 rings (SSSR count). The van der Waals surface area contributed by atoms with Crippen LogP contribution in [-0.2, 0) is 6.54 Å². The zero-order valence-electron chi connectivity index (χ0n) is 20.8. The number of nitriles is 1. The fraction of sp³-hybridized carbons (Fsp3) is 0.423. The number of amides is 1. The number of likely N-dealkylation sites (tertiary alicyclic amines) is 1. The van der Waals surface area contributed by atoms with Gasteiger partial charge in [0.05, 0.1) is 24.1 Å². The molecular formula is C26H31N7O3S. The van der Waals surface area contributed by atoms with Crippen LogP contribution in [0.1, 0.15) is 47.1 Å². The SMILES string of the molecule is C[C@@H](O)CCOc1nc(C(=O)NCC2CCN(Cc3cnc(-c4ccccn4)s3)CC2)cc(N)c1C#N. The van der Waals surface area contributed by atoms with Gasteiger partial charge in [0.1, 0.15) is 22.3 Å². The normalized spacial score (nSPS) is 15.2. The quantitative estimate of drug-likeness (QED) is 0.366. The minimum Gasteiger partial charge on any atom is -0.477 e. The Bertz CT molecular complexity index is 1230. The number of rotatable bonds is 10. The van der Waals surface area contributed by atoms with E-state index in [-0.39, 0.29) is 35.3 Å². The van der Waals surface area contributed by atoms with E-state index < -0.39 is 6.10 Å². The summed E-state index contributed by atoms with van der Waals surface area (Å²) in [7, 11) is 0. The van der Waals surface area contributed by atoms with Crippen LogP contribution in [0, 0.1) is 17.2 Å². The summed E-state index contributed by atoms with van der Waals surface area (Å²) in [5, 5.41) is 22.7. The number of hydrogen-bond donors (Lipinski definition) is 3. The number of carbonyl (C=O) groups is 1. The Morgan fingerprint density at radius 2 is 2.19 bits per heavy atom. The van der Waals surface area contributed by atoms with Gasteiger partial charge in [-0.15, -0.1) is 11.3 Å². The molecule has 0 aromatic carbocycles. The second-order valence-electron chi connectivity index (χ2n) is 9.15. The van der Waals surface area contributed by atoms with Gasteiger partial charge in [0.25, 0.3) is 5.91 Å². The highest BCUT2D eigenvalue weighted by atomic mass is 32.1. The summed E-state index contributed by atoms with van der Waals surface area (Å²) in [6, 6.07) is 9.19. The van der Waals surface area contributed by atoms with Crippen LogP contribution in [0.15, 0.2) is 36.7 Å². The Balaban J connectivity index is 1.26. The Labute approximate surface area is 220 Å². The molecule has 3 aromatic rings. The molecule has 10 nitrogen and oxygen atoms in total. The third-order valence-electron chi connectivity index (χ3n) is 6.21. The van der Waals surface area contributed by atoms with Gasteiger partial charge in [0.2, 0.25) is 5.88 Å². The van der Waals surface area contributed by atoms with Crippen molar-refractivity contribution in [1.29, 1.82) is 5.26 Å². The third kappa shape index (κ3) is 7.22. The molecule has 0 spiro atoms. The number of hydrogen-bond acceptors (Lipinski definition) is 10. The van der Waals surface area contributed by atoms with Crippen molar-refractivity contribution in [3.05, 3.63) is 52.8 Å². The van der Waals surface area contributed by atoms with E-state index in [0.29, 0.717) is 18.9 Å². The molecule has 11 heteroatoms. The number of anilines is 1. The molecule has 0 radical (unpaired) electrons. The molecule has 37 heavy (non-hydrogen) atoms. The summed E-state index contributed by atoms with van der Waals surface area (Å²) in [6.45, 7) is 5.09. The molecule has 3 aromatic heterocycles. The number of ether oxygens (including phenoxy) is 1. The lowest BCUT2D eigenvalue weighted by Crippen LogP contribution is -2.38. The number of aliphatic hydroxyl groups is 1. The number of aliphatic hydroxyl groups excluding tert-OH is 1. The summed E-state index contributed by atoms with van der Waals surface area (Å²) in [6.07, 6.45) is 5.48. The first kappa shape index (κ1) is 26.5. The molecule has 0 bridgehead atoms. The molecule has 1 atom stereocenters. The van der Waals surface area contributed by atoms with E-state index in [1.165, 1.54) is 10.9 Å². The van der Waals surface area contributed by atoms with Gasteiger partial charge >= 0.3 is 0 Å². The van der Waals surface area contributed by atoms with E-state index >= 15 is 0 Å². The number of nitrogens with one attached hydrogen (secondary N) is 1. The molecule has 1 saturated heterocycles. The first-order valence-corrected chi connectivity index (χ1v) is 13.1. The van der Waals surface area contributed by atoms with Crippen LogP contribution in [-0.4, -0.2) is 63.2 Å². The van der Waals surface area contributed by atoms with Crippen LogP contribution >= 0.6 is 11.3 Å². The van der Waals surface area contributed by atoms with Crippen molar-refractivity contribution in [3.63, 3.8) is 0 Å². The Kier molecular flexibility index (Phi) is 9.00.